The van der Waals surface area contributed by atoms with Gasteiger partial charge < -0.3 is 4.90 Å². The minimum atomic E-state index is -0.716. The number of aryl methyl sites for hydroxylation is 1. The number of hydrogen-bond donors (Lipinski definition) is 1. The van der Waals surface area contributed by atoms with Crippen molar-refractivity contribution in [1.82, 2.24) is 15.1 Å². The number of benzene rings is 1. The Labute approximate surface area is 137 Å². The first kappa shape index (κ1) is 16.3. The van der Waals surface area contributed by atoms with Crippen molar-refractivity contribution in [2.45, 2.75) is 19.8 Å². The van der Waals surface area contributed by atoms with Crippen molar-refractivity contribution in [1.29, 1.82) is 0 Å². The number of nitrogens with one attached hydrogen (secondary N) is 1. The molecule has 1 fully saturated rings. The van der Waals surface area contributed by atoms with E-state index in [1.165, 1.54) is 0 Å². The van der Waals surface area contributed by atoms with Gasteiger partial charge in [-0.05, 0) is 44.0 Å². The third-order valence-corrected chi connectivity index (χ3v) is 4.27. The predicted octanol–water partition coefficient (Wildman–Crippen LogP) is 2.73. The maximum absolute atomic E-state index is 13.7. The number of piperidine rings is 1. The molecule has 5 nitrogen and oxygen atoms in total. The molecule has 7 heteroatoms. The molecule has 0 aliphatic carbocycles. The second kappa shape index (κ2) is 6.51. The zero-order valence-corrected chi connectivity index (χ0v) is 13.2. The Morgan fingerprint density at radius 3 is 2.54 bits per heavy atom. The Hall–Kier alpha value is -2.57. The molecular formula is C17H17F2N3O2. The molecule has 0 atom stereocenters. The van der Waals surface area contributed by atoms with Crippen LogP contribution in [0.3, 0.4) is 0 Å². The highest BCUT2D eigenvalue weighted by atomic mass is 19.1. The van der Waals surface area contributed by atoms with Crippen LogP contribution < -0.4 is 0 Å². The number of amides is 1. The Balaban J connectivity index is 1.65. The van der Waals surface area contributed by atoms with Crippen LogP contribution in [0.1, 0.15) is 39.4 Å². The maximum Gasteiger partial charge on any atom is 0.274 e. The van der Waals surface area contributed by atoms with E-state index in [1.54, 1.807) is 11.0 Å². The number of nitrogens with zero attached hydrogens (tertiary/aromatic N) is 2. The Morgan fingerprint density at radius 1 is 1.21 bits per heavy atom. The number of carbonyl (C=O) groups is 2. The van der Waals surface area contributed by atoms with Crippen molar-refractivity contribution in [3.8, 4) is 0 Å². The zero-order valence-electron chi connectivity index (χ0n) is 13.2. The van der Waals surface area contributed by atoms with Gasteiger partial charge in [0, 0.05) is 24.7 Å². The van der Waals surface area contributed by atoms with Gasteiger partial charge in [-0.1, -0.05) is 0 Å². The van der Waals surface area contributed by atoms with E-state index in [2.05, 4.69) is 10.2 Å². The first-order valence-electron chi connectivity index (χ1n) is 7.76. The second-order valence-corrected chi connectivity index (χ2v) is 5.99. The van der Waals surface area contributed by atoms with E-state index >= 15 is 0 Å². The summed E-state index contributed by atoms with van der Waals surface area (Å²) in [6.45, 7) is 2.58. The van der Waals surface area contributed by atoms with E-state index in [-0.39, 0.29) is 11.5 Å². The van der Waals surface area contributed by atoms with Gasteiger partial charge in [0.05, 0.1) is 5.56 Å². The molecule has 1 aromatic carbocycles. The molecular weight excluding hydrogens is 316 g/mol. The van der Waals surface area contributed by atoms with Gasteiger partial charge in [0.15, 0.2) is 5.78 Å². The maximum atomic E-state index is 13.7. The molecule has 1 aliphatic heterocycles. The minimum Gasteiger partial charge on any atom is -0.337 e. The summed E-state index contributed by atoms with van der Waals surface area (Å²) in [6.07, 6.45) is 0.841. The van der Waals surface area contributed by atoms with Crippen LogP contribution in [0.25, 0.3) is 0 Å². The van der Waals surface area contributed by atoms with Gasteiger partial charge in [-0.15, -0.1) is 0 Å². The van der Waals surface area contributed by atoms with Crippen LogP contribution in [0.2, 0.25) is 0 Å². The van der Waals surface area contributed by atoms with Crippen LogP contribution in [0, 0.1) is 24.5 Å². The smallest absolute Gasteiger partial charge is 0.274 e. The first-order chi connectivity index (χ1) is 11.5. The second-order valence-electron chi connectivity index (χ2n) is 5.99. The third-order valence-electron chi connectivity index (χ3n) is 4.27. The van der Waals surface area contributed by atoms with Crippen molar-refractivity contribution in [2.75, 3.05) is 13.1 Å². The van der Waals surface area contributed by atoms with Gasteiger partial charge in [-0.2, -0.15) is 5.10 Å². The number of halogens is 2. The van der Waals surface area contributed by atoms with Gasteiger partial charge in [-0.3, -0.25) is 14.7 Å². The molecule has 2 aromatic rings. The average Bonchev–Trinajstić information content (AvgIpc) is 3.02. The van der Waals surface area contributed by atoms with Crippen LogP contribution in [-0.4, -0.2) is 39.9 Å². The molecule has 2 heterocycles. The fourth-order valence-corrected chi connectivity index (χ4v) is 2.94. The fourth-order valence-electron chi connectivity index (χ4n) is 2.94. The van der Waals surface area contributed by atoms with E-state index in [1.807, 2.05) is 6.92 Å². The molecule has 0 saturated carbocycles. The lowest BCUT2D eigenvalue weighted by molar-refractivity contribution is 0.0644. The van der Waals surface area contributed by atoms with Gasteiger partial charge >= 0.3 is 0 Å². The van der Waals surface area contributed by atoms with Crippen LogP contribution >= 0.6 is 0 Å². The number of Topliss-reactive ketones (excluding diaryl/α,β-unsaturated/α-hetero) is 1. The third kappa shape index (κ3) is 3.20. The fraction of sp³-hybridized carbons (Fsp3) is 0.353. The highest BCUT2D eigenvalue weighted by Gasteiger charge is 2.30. The summed E-state index contributed by atoms with van der Waals surface area (Å²) in [4.78, 5) is 26.3. The summed E-state index contributed by atoms with van der Waals surface area (Å²) < 4.78 is 27.0. The average molecular weight is 333 g/mol. The van der Waals surface area contributed by atoms with Crippen molar-refractivity contribution in [2.24, 2.45) is 5.92 Å². The highest BCUT2D eigenvalue weighted by Crippen LogP contribution is 2.24. The van der Waals surface area contributed by atoms with Crippen molar-refractivity contribution in [3.63, 3.8) is 0 Å². The summed E-state index contributed by atoms with van der Waals surface area (Å²) in [5.74, 6) is -2.36. The molecule has 0 unspecified atom stereocenters. The summed E-state index contributed by atoms with van der Waals surface area (Å²) in [6, 6.07) is 4.55. The first-order valence-corrected chi connectivity index (χ1v) is 7.76. The number of H-pyrrole nitrogens is 1. The molecule has 1 amide bonds. The monoisotopic (exact) mass is 333 g/mol. The molecule has 1 aromatic heterocycles. The quantitative estimate of drug-likeness (QED) is 0.878. The largest absolute Gasteiger partial charge is 0.337 e. The van der Waals surface area contributed by atoms with Crippen LogP contribution in [-0.2, 0) is 0 Å². The Morgan fingerprint density at radius 2 is 1.92 bits per heavy atom. The van der Waals surface area contributed by atoms with Crippen LogP contribution in [0.4, 0.5) is 8.78 Å². The standard InChI is InChI=1S/C17H17F2N3O2/c1-10-8-15(21-20-10)17(24)22-6-4-11(5-7-22)16(23)13-9-12(18)2-3-14(13)19/h2-3,8-9,11H,4-7H2,1H3,(H,20,21). The lowest BCUT2D eigenvalue weighted by atomic mass is 9.88. The molecule has 1 aliphatic rings. The number of likely N-dealkylation sites (tertiary alicyclic amines) is 1. The Bertz CT molecular complexity index is 780. The van der Waals surface area contributed by atoms with Crippen molar-refractivity contribution >= 4 is 11.7 Å². The van der Waals surface area contributed by atoms with Crippen LogP contribution in [0.5, 0.6) is 0 Å². The topological polar surface area (TPSA) is 66.1 Å². The molecule has 0 bridgehead atoms. The summed E-state index contributed by atoms with van der Waals surface area (Å²) in [7, 11) is 0. The summed E-state index contributed by atoms with van der Waals surface area (Å²) >= 11 is 0. The molecule has 0 spiro atoms. The number of ketones is 1. The van der Waals surface area contributed by atoms with Gasteiger partial charge in [0.2, 0.25) is 0 Å². The van der Waals surface area contributed by atoms with Gasteiger partial charge in [0.25, 0.3) is 5.91 Å². The van der Waals surface area contributed by atoms with E-state index in [0.717, 1.165) is 23.9 Å². The predicted molar refractivity (Wildman–Crippen MR) is 82.6 cm³/mol. The number of carbonyl (C=O) groups excluding carboxylic acids is 2. The van der Waals surface area contributed by atoms with E-state index < -0.39 is 23.3 Å². The summed E-state index contributed by atoms with van der Waals surface area (Å²) in [5.41, 5.74) is 0.918. The number of hydrogen-bond acceptors (Lipinski definition) is 3. The molecule has 1 N–H and O–H groups in total. The van der Waals surface area contributed by atoms with E-state index in [0.29, 0.717) is 31.6 Å². The molecule has 3 rings (SSSR count). The summed E-state index contributed by atoms with van der Waals surface area (Å²) in [5, 5.41) is 6.66. The van der Waals surface area contributed by atoms with Gasteiger partial charge in [0.1, 0.15) is 17.3 Å². The Kier molecular flexibility index (Phi) is 4.42. The van der Waals surface area contributed by atoms with Crippen LogP contribution in [0.15, 0.2) is 24.3 Å². The number of aromatic nitrogens is 2. The molecule has 0 radical (unpaired) electrons. The lowest BCUT2D eigenvalue weighted by Crippen LogP contribution is -2.40. The van der Waals surface area contributed by atoms with Crippen molar-refractivity contribution in [3.05, 3.63) is 52.9 Å². The molecule has 1 saturated heterocycles. The number of rotatable bonds is 3. The minimum absolute atomic E-state index is 0.192. The van der Waals surface area contributed by atoms with Gasteiger partial charge in [-0.25, -0.2) is 8.78 Å². The van der Waals surface area contributed by atoms with E-state index in [9.17, 15) is 18.4 Å². The van der Waals surface area contributed by atoms with Crippen molar-refractivity contribution < 1.29 is 18.4 Å². The zero-order chi connectivity index (χ0) is 17.3. The highest BCUT2D eigenvalue weighted by molar-refractivity contribution is 5.98. The molecule has 24 heavy (non-hydrogen) atoms. The lowest BCUT2D eigenvalue weighted by Gasteiger charge is -2.30. The SMILES string of the molecule is Cc1cc(C(=O)N2CCC(C(=O)c3cc(F)ccc3F)CC2)n[nH]1. The normalized spacial score (nSPS) is 15.5. The van der Waals surface area contributed by atoms with E-state index in [4.69, 9.17) is 0 Å². The number of aromatic amines is 1. The molecule has 126 valence electrons.